The number of nitrogens with zero attached hydrogens (tertiary/aromatic N) is 1. The van der Waals surface area contributed by atoms with E-state index in [0.717, 1.165) is 16.6 Å². The molecule has 100 valence electrons. The Morgan fingerprint density at radius 1 is 1.42 bits per heavy atom. The number of rotatable bonds is 4. The van der Waals surface area contributed by atoms with E-state index in [9.17, 15) is 4.79 Å². The molecule has 1 aromatic carbocycles. The lowest BCUT2D eigenvalue weighted by Crippen LogP contribution is -2.31. The number of aromatic nitrogens is 1. The first-order valence-electron chi connectivity index (χ1n) is 5.92. The van der Waals surface area contributed by atoms with Crippen molar-refractivity contribution in [3.05, 3.63) is 35.5 Å². The molecule has 4 nitrogen and oxygen atoms in total. The van der Waals surface area contributed by atoms with E-state index in [1.807, 2.05) is 12.1 Å². The monoisotopic (exact) mass is 278 g/mol. The van der Waals surface area contributed by atoms with Gasteiger partial charge in [-0.25, -0.2) is 0 Å². The van der Waals surface area contributed by atoms with Gasteiger partial charge in [-0.1, -0.05) is 11.6 Å². The number of carboxylic acid groups (broad SMARTS) is 1. The van der Waals surface area contributed by atoms with Crippen molar-refractivity contribution in [1.82, 2.24) is 4.98 Å². The Morgan fingerprint density at radius 2 is 2.16 bits per heavy atom. The van der Waals surface area contributed by atoms with Gasteiger partial charge in [-0.05, 0) is 38.1 Å². The summed E-state index contributed by atoms with van der Waals surface area (Å²) in [5.74, 6) is -0.832. The van der Waals surface area contributed by atoms with Crippen LogP contribution in [-0.4, -0.2) is 22.6 Å². The highest BCUT2D eigenvalue weighted by molar-refractivity contribution is 6.31. The first-order valence-corrected chi connectivity index (χ1v) is 6.29. The zero-order chi connectivity index (χ0) is 14.0. The highest BCUT2D eigenvalue weighted by atomic mass is 35.5. The maximum atomic E-state index is 11.1. The minimum absolute atomic E-state index is 0.337. The van der Waals surface area contributed by atoms with Crippen molar-refractivity contribution in [2.75, 3.05) is 11.9 Å². The molecule has 19 heavy (non-hydrogen) atoms. The number of anilines is 1. The van der Waals surface area contributed by atoms with Crippen LogP contribution in [0.2, 0.25) is 5.02 Å². The number of halogens is 1. The van der Waals surface area contributed by atoms with Gasteiger partial charge in [-0.3, -0.25) is 9.78 Å². The van der Waals surface area contributed by atoms with Gasteiger partial charge < -0.3 is 10.4 Å². The van der Waals surface area contributed by atoms with Crippen LogP contribution in [0.3, 0.4) is 0 Å². The third kappa shape index (κ3) is 2.96. The van der Waals surface area contributed by atoms with E-state index in [1.54, 1.807) is 32.2 Å². The number of nitrogens with one attached hydrogen (secondary N) is 1. The Bertz CT molecular complexity index is 626. The molecule has 0 bridgehead atoms. The second kappa shape index (κ2) is 5.05. The average molecular weight is 279 g/mol. The van der Waals surface area contributed by atoms with Crippen LogP contribution < -0.4 is 5.32 Å². The minimum Gasteiger partial charge on any atom is -0.481 e. The van der Waals surface area contributed by atoms with Crippen molar-refractivity contribution in [3.63, 3.8) is 0 Å². The molecular formula is C14H15ClN2O2. The fourth-order valence-electron chi connectivity index (χ4n) is 1.67. The van der Waals surface area contributed by atoms with Gasteiger partial charge in [0.05, 0.1) is 10.9 Å². The summed E-state index contributed by atoms with van der Waals surface area (Å²) in [6, 6.07) is 7.28. The molecule has 5 heteroatoms. The first kappa shape index (κ1) is 13.6. The van der Waals surface area contributed by atoms with Crippen LogP contribution in [0.15, 0.2) is 30.5 Å². The third-order valence-corrected chi connectivity index (χ3v) is 3.24. The lowest BCUT2D eigenvalue weighted by molar-refractivity contribution is -0.146. The second-order valence-electron chi connectivity index (χ2n) is 5.06. The summed E-state index contributed by atoms with van der Waals surface area (Å²) in [5, 5.41) is 13.8. The first-order chi connectivity index (χ1) is 8.90. The summed E-state index contributed by atoms with van der Waals surface area (Å²) >= 11 is 5.92. The maximum Gasteiger partial charge on any atom is 0.310 e. The van der Waals surface area contributed by atoms with Gasteiger partial charge in [0.15, 0.2) is 0 Å². The van der Waals surface area contributed by atoms with Crippen LogP contribution in [0.25, 0.3) is 10.9 Å². The predicted octanol–water partition coefficient (Wildman–Crippen LogP) is 3.41. The normalized spacial score (nSPS) is 11.5. The molecule has 0 saturated carbocycles. The molecule has 2 rings (SSSR count). The topological polar surface area (TPSA) is 62.2 Å². The zero-order valence-electron chi connectivity index (χ0n) is 10.8. The van der Waals surface area contributed by atoms with Gasteiger partial charge in [0.25, 0.3) is 0 Å². The summed E-state index contributed by atoms with van der Waals surface area (Å²) in [5.41, 5.74) is 0.809. The number of fused-ring (bicyclic) bond motifs is 1. The Labute approximate surface area is 116 Å². The van der Waals surface area contributed by atoms with Gasteiger partial charge in [0.1, 0.15) is 0 Å². The Kier molecular flexibility index (Phi) is 3.62. The smallest absolute Gasteiger partial charge is 0.310 e. The number of carboxylic acids is 1. The molecule has 0 radical (unpaired) electrons. The van der Waals surface area contributed by atoms with E-state index < -0.39 is 11.4 Å². The van der Waals surface area contributed by atoms with Crippen molar-refractivity contribution in [2.45, 2.75) is 13.8 Å². The minimum atomic E-state index is -0.832. The molecule has 0 atom stereocenters. The second-order valence-corrected chi connectivity index (χ2v) is 5.50. The zero-order valence-corrected chi connectivity index (χ0v) is 11.5. The largest absolute Gasteiger partial charge is 0.481 e. The maximum absolute atomic E-state index is 11.1. The van der Waals surface area contributed by atoms with Gasteiger partial charge in [0.2, 0.25) is 0 Å². The van der Waals surface area contributed by atoms with Crippen LogP contribution in [0.5, 0.6) is 0 Å². The van der Waals surface area contributed by atoms with Crippen molar-refractivity contribution < 1.29 is 9.90 Å². The van der Waals surface area contributed by atoms with E-state index in [0.29, 0.717) is 11.6 Å². The van der Waals surface area contributed by atoms with Crippen LogP contribution in [0, 0.1) is 5.41 Å². The van der Waals surface area contributed by atoms with Gasteiger partial charge in [0, 0.05) is 28.8 Å². The van der Waals surface area contributed by atoms with Crippen molar-refractivity contribution >= 4 is 34.2 Å². The van der Waals surface area contributed by atoms with Crippen molar-refractivity contribution in [1.29, 1.82) is 0 Å². The molecule has 1 aromatic heterocycles. The highest BCUT2D eigenvalue weighted by Crippen LogP contribution is 2.25. The lowest BCUT2D eigenvalue weighted by atomic mass is 9.94. The van der Waals surface area contributed by atoms with E-state index in [1.165, 1.54) is 0 Å². The molecule has 0 spiro atoms. The summed E-state index contributed by atoms with van der Waals surface area (Å²) < 4.78 is 0. The molecule has 2 aromatic rings. The Balaban J connectivity index is 2.29. The van der Waals surface area contributed by atoms with Gasteiger partial charge in [-0.2, -0.15) is 0 Å². The van der Waals surface area contributed by atoms with Crippen molar-refractivity contribution in [2.24, 2.45) is 5.41 Å². The molecule has 0 aliphatic rings. The number of benzene rings is 1. The quantitative estimate of drug-likeness (QED) is 0.900. The molecule has 0 aliphatic carbocycles. The van der Waals surface area contributed by atoms with E-state index in [2.05, 4.69) is 10.3 Å². The number of carbonyl (C=O) groups is 1. The lowest BCUT2D eigenvalue weighted by Gasteiger charge is -2.20. The summed E-state index contributed by atoms with van der Waals surface area (Å²) in [6.45, 7) is 3.70. The number of hydrogen-bond acceptors (Lipinski definition) is 3. The summed E-state index contributed by atoms with van der Waals surface area (Å²) in [7, 11) is 0. The molecule has 1 heterocycles. The van der Waals surface area contributed by atoms with Crippen LogP contribution >= 0.6 is 11.6 Å². The molecule has 0 aliphatic heterocycles. The van der Waals surface area contributed by atoms with Crippen LogP contribution in [0.1, 0.15) is 13.8 Å². The van der Waals surface area contributed by atoms with E-state index in [4.69, 9.17) is 16.7 Å². The number of pyridine rings is 1. The Morgan fingerprint density at radius 3 is 2.84 bits per heavy atom. The van der Waals surface area contributed by atoms with Crippen molar-refractivity contribution in [3.8, 4) is 0 Å². The fraction of sp³-hybridized carbons (Fsp3) is 0.286. The Hall–Kier alpha value is -1.81. The highest BCUT2D eigenvalue weighted by Gasteiger charge is 2.26. The standard InChI is InChI=1S/C14H15ClN2O2/c1-14(2,13(18)19)8-17-11-5-6-16-12-7-9(15)3-4-10(11)12/h3-7H,8H2,1-2H3,(H,16,17)(H,18,19). The summed E-state index contributed by atoms with van der Waals surface area (Å²) in [6.07, 6.45) is 1.68. The SMILES string of the molecule is CC(C)(CNc1ccnc2cc(Cl)ccc12)C(=O)O. The molecule has 0 saturated heterocycles. The third-order valence-electron chi connectivity index (χ3n) is 3.00. The molecule has 0 fully saturated rings. The molecular weight excluding hydrogens is 264 g/mol. The molecule has 2 N–H and O–H groups in total. The number of hydrogen-bond donors (Lipinski definition) is 2. The molecule has 0 amide bonds. The average Bonchev–Trinajstić information content (AvgIpc) is 2.35. The predicted molar refractivity (Wildman–Crippen MR) is 76.7 cm³/mol. The summed E-state index contributed by atoms with van der Waals surface area (Å²) in [4.78, 5) is 15.3. The van der Waals surface area contributed by atoms with E-state index in [-0.39, 0.29) is 0 Å². The van der Waals surface area contributed by atoms with Gasteiger partial charge >= 0.3 is 5.97 Å². The molecule has 0 unspecified atom stereocenters. The van der Waals surface area contributed by atoms with Gasteiger partial charge in [-0.15, -0.1) is 0 Å². The number of aliphatic carboxylic acids is 1. The fourth-order valence-corrected chi connectivity index (χ4v) is 1.83. The van der Waals surface area contributed by atoms with E-state index >= 15 is 0 Å². The van der Waals surface area contributed by atoms with Crippen LogP contribution in [-0.2, 0) is 4.79 Å². The van der Waals surface area contributed by atoms with Crippen LogP contribution in [0.4, 0.5) is 5.69 Å².